The third-order valence-electron chi connectivity index (χ3n) is 2.05. The maximum Gasteiger partial charge on any atom is 0.0723 e. The van der Waals surface area contributed by atoms with E-state index in [4.69, 9.17) is 0 Å². The van der Waals surface area contributed by atoms with Crippen LogP contribution in [0.3, 0.4) is 0 Å². The van der Waals surface area contributed by atoms with Crippen molar-refractivity contribution < 1.29 is 0 Å². The first-order valence-corrected chi connectivity index (χ1v) is 3.99. The molecule has 0 spiro atoms. The second-order valence-electron chi connectivity index (χ2n) is 2.75. The van der Waals surface area contributed by atoms with Crippen molar-refractivity contribution in [1.82, 2.24) is 15.5 Å². The van der Waals surface area contributed by atoms with Gasteiger partial charge in [-0.3, -0.25) is 10.2 Å². The molecule has 3 nitrogen and oxygen atoms in total. The maximum atomic E-state index is 3.43. The Labute approximate surface area is 62.8 Å². The largest absolute Gasteiger partial charge is 0.313 e. The number of hydrogen-bond acceptors (Lipinski definition) is 3. The molecule has 2 N–H and O–H groups in total. The van der Waals surface area contributed by atoms with Crippen molar-refractivity contribution >= 4 is 0 Å². The first-order valence-electron chi connectivity index (χ1n) is 3.99. The van der Waals surface area contributed by atoms with Gasteiger partial charge in [0.2, 0.25) is 0 Å². The topological polar surface area (TPSA) is 27.3 Å². The Hall–Kier alpha value is -0.120. The average Bonchev–Trinajstić information content (AvgIpc) is 2.05. The third kappa shape index (κ3) is 1.94. The molecule has 1 saturated heterocycles. The lowest BCUT2D eigenvalue weighted by Gasteiger charge is -2.31. The molecular formula is C7H17N3. The van der Waals surface area contributed by atoms with Gasteiger partial charge in [-0.25, -0.2) is 0 Å². The zero-order valence-corrected chi connectivity index (χ0v) is 6.85. The molecule has 0 amide bonds. The predicted molar refractivity (Wildman–Crippen MR) is 43.0 cm³/mol. The molecule has 1 unspecified atom stereocenters. The lowest BCUT2D eigenvalue weighted by Crippen LogP contribution is -2.55. The van der Waals surface area contributed by atoms with E-state index in [0.717, 1.165) is 26.2 Å². The molecule has 0 aromatic carbocycles. The highest BCUT2D eigenvalue weighted by Gasteiger charge is 2.14. The first kappa shape index (κ1) is 7.98. The van der Waals surface area contributed by atoms with Crippen molar-refractivity contribution in [1.29, 1.82) is 0 Å². The summed E-state index contributed by atoms with van der Waals surface area (Å²) < 4.78 is 0. The van der Waals surface area contributed by atoms with Gasteiger partial charge in [-0.2, -0.15) is 0 Å². The molecule has 1 fully saturated rings. The molecule has 1 atom stereocenters. The molecule has 3 heteroatoms. The highest BCUT2D eigenvalue weighted by atomic mass is 15.3. The second-order valence-corrected chi connectivity index (χ2v) is 2.75. The zero-order chi connectivity index (χ0) is 7.40. The predicted octanol–water partition coefficient (Wildman–Crippen LogP) is -0.543. The summed E-state index contributed by atoms with van der Waals surface area (Å²) in [6, 6.07) is 0. The van der Waals surface area contributed by atoms with E-state index < -0.39 is 0 Å². The fraction of sp³-hybridized carbons (Fsp3) is 1.00. The minimum atomic E-state index is 0.541. The highest BCUT2D eigenvalue weighted by Crippen LogP contribution is 1.92. The van der Waals surface area contributed by atoms with Crippen LogP contribution in [0, 0.1) is 0 Å². The number of rotatable bonds is 2. The Kier molecular flexibility index (Phi) is 3.12. The van der Waals surface area contributed by atoms with Crippen molar-refractivity contribution in [2.24, 2.45) is 0 Å². The number of hydrogen-bond donors (Lipinski definition) is 2. The van der Waals surface area contributed by atoms with Crippen molar-refractivity contribution in [2.45, 2.75) is 13.1 Å². The molecule has 0 saturated carbocycles. The number of piperazine rings is 1. The fourth-order valence-electron chi connectivity index (χ4n) is 1.17. The quantitative estimate of drug-likeness (QED) is 0.543. The molecule has 60 valence electrons. The van der Waals surface area contributed by atoms with E-state index in [9.17, 15) is 0 Å². The van der Waals surface area contributed by atoms with Crippen molar-refractivity contribution in [3.63, 3.8) is 0 Å². The Morgan fingerprint density at radius 1 is 1.50 bits per heavy atom. The number of nitrogens with zero attached hydrogens (tertiary/aromatic N) is 1. The summed E-state index contributed by atoms with van der Waals surface area (Å²) in [7, 11) is 2.14. The molecule has 0 aromatic rings. The van der Waals surface area contributed by atoms with Gasteiger partial charge in [0, 0.05) is 19.6 Å². The van der Waals surface area contributed by atoms with E-state index in [1.165, 1.54) is 0 Å². The lowest BCUT2D eigenvalue weighted by molar-refractivity contribution is 0.190. The highest BCUT2D eigenvalue weighted by molar-refractivity contribution is 4.73. The molecular weight excluding hydrogens is 126 g/mol. The molecule has 10 heavy (non-hydrogen) atoms. The van der Waals surface area contributed by atoms with E-state index in [1.807, 2.05) is 0 Å². The monoisotopic (exact) mass is 143 g/mol. The smallest absolute Gasteiger partial charge is 0.0723 e. The summed E-state index contributed by atoms with van der Waals surface area (Å²) >= 11 is 0. The Bertz CT molecular complexity index is 88.9. The summed E-state index contributed by atoms with van der Waals surface area (Å²) in [4.78, 5) is 2.31. The SMILES string of the molecule is CCN(C)C1CNCCN1. The van der Waals surface area contributed by atoms with Gasteiger partial charge < -0.3 is 5.32 Å². The van der Waals surface area contributed by atoms with Gasteiger partial charge in [0.15, 0.2) is 0 Å². The van der Waals surface area contributed by atoms with E-state index in [1.54, 1.807) is 0 Å². The Morgan fingerprint density at radius 2 is 2.30 bits per heavy atom. The van der Waals surface area contributed by atoms with Crippen LogP contribution >= 0.6 is 0 Å². The minimum Gasteiger partial charge on any atom is -0.313 e. The normalized spacial score (nSPS) is 27.3. The van der Waals surface area contributed by atoms with Gasteiger partial charge >= 0.3 is 0 Å². The minimum absolute atomic E-state index is 0.541. The summed E-state index contributed by atoms with van der Waals surface area (Å²) in [6.07, 6.45) is 0.541. The number of likely N-dealkylation sites (N-methyl/N-ethyl adjacent to an activating group) is 1. The fourth-order valence-corrected chi connectivity index (χ4v) is 1.17. The van der Waals surface area contributed by atoms with Gasteiger partial charge in [0.05, 0.1) is 6.17 Å². The second kappa shape index (κ2) is 3.91. The molecule has 1 aliphatic rings. The third-order valence-corrected chi connectivity index (χ3v) is 2.05. The average molecular weight is 143 g/mol. The van der Waals surface area contributed by atoms with Gasteiger partial charge in [-0.15, -0.1) is 0 Å². The summed E-state index contributed by atoms with van der Waals surface area (Å²) in [6.45, 7) is 6.56. The molecule has 0 radical (unpaired) electrons. The zero-order valence-electron chi connectivity index (χ0n) is 6.85. The molecule has 1 rings (SSSR count). The maximum absolute atomic E-state index is 3.43. The summed E-state index contributed by atoms with van der Waals surface area (Å²) in [5.41, 5.74) is 0. The Morgan fingerprint density at radius 3 is 2.80 bits per heavy atom. The van der Waals surface area contributed by atoms with Gasteiger partial charge in [-0.1, -0.05) is 6.92 Å². The van der Waals surface area contributed by atoms with Crippen molar-refractivity contribution in [2.75, 3.05) is 33.2 Å². The summed E-state index contributed by atoms with van der Waals surface area (Å²) in [5.74, 6) is 0. The lowest BCUT2D eigenvalue weighted by atomic mass is 10.3. The van der Waals surface area contributed by atoms with E-state index in [-0.39, 0.29) is 0 Å². The van der Waals surface area contributed by atoms with Crippen molar-refractivity contribution in [3.05, 3.63) is 0 Å². The molecule has 1 heterocycles. The molecule has 0 aliphatic carbocycles. The van der Waals surface area contributed by atoms with Crippen LogP contribution in [0.15, 0.2) is 0 Å². The van der Waals surface area contributed by atoms with Gasteiger partial charge in [-0.05, 0) is 13.6 Å². The van der Waals surface area contributed by atoms with E-state index in [2.05, 4.69) is 29.5 Å². The van der Waals surface area contributed by atoms with Crippen molar-refractivity contribution in [3.8, 4) is 0 Å². The number of nitrogens with one attached hydrogen (secondary N) is 2. The van der Waals surface area contributed by atoms with Crippen LogP contribution in [-0.4, -0.2) is 44.3 Å². The van der Waals surface area contributed by atoms with Crippen LogP contribution < -0.4 is 10.6 Å². The van der Waals surface area contributed by atoms with Crippen LogP contribution in [-0.2, 0) is 0 Å². The van der Waals surface area contributed by atoms with Crippen LogP contribution in [0.4, 0.5) is 0 Å². The summed E-state index contributed by atoms with van der Waals surface area (Å²) in [5, 5.41) is 6.78. The molecule has 1 aliphatic heterocycles. The van der Waals surface area contributed by atoms with Crippen LogP contribution in [0.25, 0.3) is 0 Å². The molecule has 0 aromatic heterocycles. The van der Waals surface area contributed by atoms with Gasteiger partial charge in [0.25, 0.3) is 0 Å². The Balaban J connectivity index is 2.24. The standard InChI is InChI=1S/C7H17N3/c1-3-10(2)7-6-8-4-5-9-7/h7-9H,3-6H2,1-2H3. The van der Waals surface area contributed by atoms with Crippen LogP contribution in [0.5, 0.6) is 0 Å². The first-order chi connectivity index (χ1) is 4.84. The van der Waals surface area contributed by atoms with Gasteiger partial charge in [0.1, 0.15) is 0 Å². The van der Waals surface area contributed by atoms with E-state index >= 15 is 0 Å². The van der Waals surface area contributed by atoms with E-state index in [0.29, 0.717) is 6.17 Å². The van der Waals surface area contributed by atoms with Crippen LogP contribution in [0.2, 0.25) is 0 Å². The molecule has 0 bridgehead atoms. The van der Waals surface area contributed by atoms with Crippen LogP contribution in [0.1, 0.15) is 6.92 Å².